The molecule has 0 bridgehead atoms. The molecule has 1 aliphatic carbocycles. The molecule has 16 heavy (non-hydrogen) atoms. The Morgan fingerprint density at radius 1 is 1.44 bits per heavy atom. The van der Waals surface area contributed by atoms with Crippen LogP contribution < -0.4 is 0 Å². The average Bonchev–Trinajstić information content (AvgIpc) is 2.59. The molecule has 0 amide bonds. The number of nitrogens with zero attached hydrogens (tertiary/aromatic N) is 1. The fraction of sp³-hybridized carbons (Fsp3) is 0.917. The standard InChI is InChI=1S/C12H21NO2S/c1-3-7-16(14,15)8-6-12(10-13)5-4-11(2)9-12/h11H,3-9H2,1-2H3. The lowest BCUT2D eigenvalue weighted by molar-refractivity contribution is 0.379. The van der Waals surface area contributed by atoms with E-state index in [4.69, 9.17) is 0 Å². The quantitative estimate of drug-likeness (QED) is 0.745. The van der Waals surface area contributed by atoms with Gasteiger partial charge in [0.15, 0.2) is 0 Å². The van der Waals surface area contributed by atoms with E-state index >= 15 is 0 Å². The molecule has 0 N–H and O–H groups in total. The van der Waals surface area contributed by atoms with Gasteiger partial charge in [-0.15, -0.1) is 0 Å². The first-order valence-corrected chi connectivity index (χ1v) is 7.87. The zero-order valence-electron chi connectivity index (χ0n) is 10.2. The van der Waals surface area contributed by atoms with Crippen LogP contribution in [0.15, 0.2) is 0 Å². The summed E-state index contributed by atoms with van der Waals surface area (Å²) in [6.07, 6.45) is 3.98. The molecule has 0 aromatic heterocycles. The van der Waals surface area contributed by atoms with Crippen molar-refractivity contribution in [2.75, 3.05) is 11.5 Å². The fourth-order valence-electron chi connectivity index (χ4n) is 2.54. The second-order valence-electron chi connectivity index (χ2n) is 5.14. The third-order valence-corrected chi connectivity index (χ3v) is 5.36. The van der Waals surface area contributed by atoms with Gasteiger partial charge < -0.3 is 0 Å². The van der Waals surface area contributed by atoms with E-state index < -0.39 is 9.84 Å². The first-order chi connectivity index (χ1) is 7.43. The van der Waals surface area contributed by atoms with E-state index in [0.717, 1.165) is 19.3 Å². The predicted molar refractivity (Wildman–Crippen MR) is 64.6 cm³/mol. The molecule has 0 aromatic carbocycles. The molecule has 0 saturated heterocycles. The summed E-state index contributed by atoms with van der Waals surface area (Å²) in [4.78, 5) is 0. The molecule has 0 spiro atoms. The van der Waals surface area contributed by atoms with Gasteiger partial charge in [0, 0.05) is 5.75 Å². The smallest absolute Gasteiger partial charge is 0.150 e. The van der Waals surface area contributed by atoms with E-state index in [1.807, 2.05) is 6.92 Å². The van der Waals surface area contributed by atoms with Crippen LogP contribution in [0.5, 0.6) is 0 Å². The molecule has 0 aromatic rings. The Morgan fingerprint density at radius 2 is 2.12 bits per heavy atom. The maximum absolute atomic E-state index is 11.6. The van der Waals surface area contributed by atoms with Crippen molar-refractivity contribution in [1.29, 1.82) is 5.26 Å². The van der Waals surface area contributed by atoms with Gasteiger partial charge in [-0.05, 0) is 38.0 Å². The monoisotopic (exact) mass is 243 g/mol. The highest BCUT2D eigenvalue weighted by molar-refractivity contribution is 7.91. The summed E-state index contributed by atoms with van der Waals surface area (Å²) in [5, 5.41) is 9.22. The van der Waals surface area contributed by atoms with Crippen LogP contribution in [0.3, 0.4) is 0 Å². The van der Waals surface area contributed by atoms with Gasteiger partial charge >= 0.3 is 0 Å². The number of sulfone groups is 1. The Hall–Kier alpha value is -0.560. The number of hydrogen-bond donors (Lipinski definition) is 0. The van der Waals surface area contributed by atoms with Crippen LogP contribution in [0.4, 0.5) is 0 Å². The minimum atomic E-state index is -2.94. The molecule has 1 rings (SSSR count). The number of rotatable bonds is 5. The molecular formula is C12H21NO2S. The van der Waals surface area contributed by atoms with E-state index in [1.54, 1.807) is 0 Å². The van der Waals surface area contributed by atoms with E-state index in [1.165, 1.54) is 0 Å². The topological polar surface area (TPSA) is 57.9 Å². The molecule has 0 heterocycles. The van der Waals surface area contributed by atoms with Gasteiger partial charge in [0.05, 0.1) is 17.2 Å². The summed E-state index contributed by atoms with van der Waals surface area (Å²) in [5.41, 5.74) is -0.361. The van der Waals surface area contributed by atoms with Crippen molar-refractivity contribution in [3.8, 4) is 6.07 Å². The highest BCUT2D eigenvalue weighted by atomic mass is 32.2. The van der Waals surface area contributed by atoms with Gasteiger partial charge in [-0.2, -0.15) is 5.26 Å². The predicted octanol–water partition coefficient (Wildman–Crippen LogP) is 2.53. The van der Waals surface area contributed by atoms with Crippen LogP contribution >= 0.6 is 0 Å². The van der Waals surface area contributed by atoms with Gasteiger partial charge in [0.1, 0.15) is 9.84 Å². The zero-order chi connectivity index (χ0) is 12.2. The Bertz CT molecular complexity index is 369. The maximum atomic E-state index is 11.6. The van der Waals surface area contributed by atoms with Gasteiger partial charge in [0.2, 0.25) is 0 Å². The molecule has 92 valence electrons. The molecule has 1 saturated carbocycles. The van der Waals surface area contributed by atoms with E-state index in [9.17, 15) is 13.7 Å². The first kappa shape index (κ1) is 13.5. The molecule has 1 aliphatic rings. The minimum absolute atomic E-state index is 0.182. The summed E-state index contributed by atoms with van der Waals surface area (Å²) in [5.74, 6) is 0.999. The van der Waals surface area contributed by atoms with Crippen molar-refractivity contribution < 1.29 is 8.42 Å². The zero-order valence-corrected chi connectivity index (χ0v) is 11.0. The Balaban J connectivity index is 2.57. The second-order valence-corrected chi connectivity index (χ2v) is 7.45. The molecule has 0 aliphatic heterocycles. The third-order valence-electron chi connectivity index (χ3n) is 3.50. The molecule has 0 radical (unpaired) electrons. The number of hydrogen-bond acceptors (Lipinski definition) is 3. The van der Waals surface area contributed by atoms with Crippen molar-refractivity contribution in [2.24, 2.45) is 11.3 Å². The summed E-state index contributed by atoms with van der Waals surface area (Å²) < 4.78 is 23.2. The van der Waals surface area contributed by atoms with Gasteiger partial charge in [-0.1, -0.05) is 13.8 Å². The molecule has 4 heteroatoms. The normalized spacial score (nSPS) is 30.2. The Morgan fingerprint density at radius 3 is 2.56 bits per heavy atom. The fourth-order valence-corrected chi connectivity index (χ4v) is 4.07. The van der Waals surface area contributed by atoms with Crippen LogP contribution in [-0.4, -0.2) is 19.9 Å². The third kappa shape index (κ3) is 3.48. The van der Waals surface area contributed by atoms with Crippen molar-refractivity contribution in [3.05, 3.63) is 0 Å². The summed E-state index contributed by atoms with van der Waals surface area (Å²) in [6, 6.07) is 2.36. The Kier molecular flexibility index (Phi) is 4.37. The Labute approximate surface area is 98.8 Å². The van der Waals surface area contributed by atoms with Crippen LogP contribution in [0.2, 0.25) is 0 Å². The molecule has 2 unspecified atom stereocenters. The largest absolute Gasteiger partial charge is 0.229 e. The molecular weight excluding hydrogens is 222 g/mol. The van der Waals surface area contributed by atoms with Crippen LogP contribution in [-0.2, 0) is 9.84 Å². The van der Waals surface area contributed by atoms with E-state index in [-0.39, 0.29) is 16.9 Å². The molecule has 3 nitrogen and oxygen atoms in total. The minimum Gasteiger partial charge on any atom is -0.229 e. The maximum Gasteiger partial charge on any atom is 0.150 e. The second kappa shape index (κ2) is 5.18. The lowest BCUT2D eigenvalue weighted by atomic mass is 9.84. The highest BCUT2D eigenvalue weighted by Crippen LogP contribution is 2.43. The van der Waals surface area contributed by atoms with Gasteiger partial charge in [-0.25, -0.2) is 8.42 Å². The summed E-state index contributed by atoms with van der Waals surface area (Å²) in [6.45, 7) is 4.01. The lowest BCUT2D eigenvalue weighted by Crippen LogP contribution is -2.21. The summed E-state index contributed by atoms with van der Waals surface area (Å²) >= 11 is 0. The van der Waals surface area contributed by atoms with Gasteiger partial charge in [-0.3, -0.25) is 0 Å². The SMILES string of the molecule is CCCS(=O)(=O)CCC1(C#N)CCC(C)C1. The van der Waals surface area contributed by atoms with E-state index in [2.05, 4.69) is 13.0 Å². The number of nitriles is 1. The van der Waals surface area contributed by atoms with Crippen molar-refractivity contribution >= 4 is 9.84 Å². The molecule has 2 atom stereocenters. The van der Waals surface area contributed by atoms with Crippen molar-refractivity contribution in [3.63, 3.8) is 0 Å². The van der Waals surface area contributed by atoms with Crippen LogP contribution in [0.25, 0.3) is 0 Å². The van der Waals surface area contributed by atoms with Crippen molar-refractivity contribution in [2.45, 2.75) is 46.0 Å². The molecule has 1 fully saturated rings. The van der Waals surface area contributed by atoms with Crippen LogP contribution in [0, 0.1) is 22.7 Å². The first-order valence-electron chi connectivity index (χ1n) is 6.05. The van der Waals surface area contributed by atoms with Crippen molar-refractivity contribution in [1.82, 2.24) is 0 Å². The summed E-state index contributed by atoms with van der Waals surface area (Å²) in [7, 11) is -2.94. The lowest BCUT2D eigenvalue weighted by Gasteiger charge is -2.20. The highest BCUT2D eigenvalue weighted by Gasteiger charge is 2.38. The van der Waals surface area contributed by atoms with Crippen LogP contribution in [0.1, 0.15) is 46.0 Å². The average molecular weight is 243 g/mol. The van der Waals surface area contributed by atoms with E-state index in [0.29, 0.717) is 18.8 Å². The van der Waals surface area contributed by atoms with Gasteiger partial charge in [0.25, 0.3) is 0 Å².